The van der Waals surface area contributed by atoms with Crippen molar-refractivity contribution in [1.29, 1.82) is 0 Å². The lowest BCUT2D eigenvalue weighted by atomic mass is 9.87. The normalized spacial score (nSPS) is 13.7. The van der Waals surface area contributed by atoms with Crippen LogP contribution in [0.2, 0.25) is 0 Å². The summed E-state index contributed by atoms with van der Waals surface area (Å²) in [5.74, 6) is -0.111. The summed E-state index contributed by atoms with van der Waals surface area (Å²) in [4.78, 5) is 13.5. The number of hydrogen-bond donors (Lipinski definition) is 1. The predicted octanol–water partition coefficient (Wildman–Crippen LogP) is 0.706. The molecule has 0 aliphatic rings. The molecule has 0 spiro atoms. The molecule has 1 amide bonds. The molecule has 1 heterocycles. The van der Waals surface area contributed by atoms with E-state index in [-0.39, 0.29) is 23.2 Å². The van der Waals surface area contributed by atoms with Crippen LogP contribution < -0.4 is 0 Å². The SMILES string of the molecule is CC(N(C)C(=O)c1nn[nH]n1)C(C)(C)C. The maximum atomic E-state index is 11.8. The van der Waals surface area contributed by atoms with E-state index in [0.29, 0.717) is 0 Å². The first-order chi connectivity index (χ1) is 6.84. The van der Waals surface area contributed by atoms with Crippen molar-refractivity contribution in [3.63, 3.8) is 0 Å². The molecule has 0 aliphatic heterocycles. The summed E-state index contributed by atoms with van der Waals surface area (Å²) in [5, 5.41) is 13.0. The minimum absolute atomic E-state index is 0.0220. The molecule has 0 saturated carbocycles. The van der Waals surface area contributed by atoms with Gasteiger partial charge in [0.1, 0.15) is 0 Å². The van der Waals surface area contributed by atoms with E-state index in [1.807, 2.05) is 6.92 Å². The van der Waals surface area contributed by atoms with E-state index in [0.717, 1.165) is 0 Å². The number of nitrogens with zero attached hydrogens (tertiary/aromatic N) is 4. The van der Waals surface area contributed by atoms with Crippen LogP contribution in [0.25, 0.3) is 0 Å². The molecule has 0 bridgehead atoms. The first-order valence-electron chi connectivity index (χ1n) is 4.84. The highest BCUT2D eigenvalue weighted by atomic mass is 16.2. The summed E-state index contributed by atoms with van der Waals surface area (Å²) in [7, 11) is 1.74. The third-order valence-corrected chi connectivity index (χ3v) is 2.69. The molecule has 84 valence electrons. The van der Waals surface area contributed by atoms with Crippen molar-refractivity contribution in [2.45, 2.75) is 33.7 Å². The van der Waals surface area contributed by atoms with Gasteiger partial charge in [0, 0.05) is 13.1 Å². The van der Waals surface area contributed by atoms with Crippen molar-refractivity contribution >= 4 is 5.91 Å². The molecule has 1 rings (SSSR count). The predicted molar refractivity (Wildman–Crippen MR) is 55.2 cm³/mol. The van der Waals surface area contributed by atoms with Crippen LogP contribution in [0.4, 0.5) is 0 Å². The lowest BCUT2D eigenvalue weighted by Crippen LogP contribution is -2.43. The van der Waals surface area contributed by atoms with Gasteiger partial charge in [-0.05, 0) is 17.6 Å². The lowest BCUT2D eigenvalue weighted by Gasteiger charge is -2.34. The zero-order chi connectivity index (χ0) is 11.6. The molecule has 1 aromatic rings. The summed E-state index contributed by atoms with van der Waals surface area (Å²) < 4.78 is 0. The molecule has 0 saturated heterocycles. The van der Waals surface area contributed by atoms with E-state index < -0.39 is 0 Å². The summed E-state index contributed by atoms with van der Waals surface area (Å²) in [6.45, 7) is 8.24. The molecule has 0 radical (unpaired) electrons. The number of H-pyrrole nitrogens is 1. The van der Waals surface area contributed by atoms with Crippen LogP contribution in [-0.2, 0) is 0 Å². The van der Waals surface area contributed by atoms with Gasteiger partial charge in [0.15, 0.2) is 0 Å². The second kappa shape index (κ2) is 3.96. The second-order valence-corrected chi connectivity index (χ2v) is 4.69. The molecule has 6 nitrogen and oxygen atoms in total. The largest absolute Gasteiger partial charge is 0.336 e. The van der Waals surface area contributed by atoms with Crippen molar-refractivity contribution < 1.29 is 4.79 Å². The fourth-order valence-electron chi connectivity index (χ4n) is 1.17. The number of hydrogen-bond acceptors (Lipinski definition) is 4. The van der Waals surface area contributed by atoms with Crippen LogP contribution in [-0.4, -0.2) is 44.5 Å². The average molecular weight is 211 g/mol. The van der Waals surface area contributed by atoms with Gasteiger partial charge in [-0.25, -0.2) is 0 Å². The Kier molecular flexibility index (Phi) is 3.06. The third-order valence-electron chi connectivity index (χ3n) is 2.69. The lowest BCUT2D eigenvalue weighted by molar-refractivity contribution is 0.0617. The molecule has 1 unspecified atom stereocenters. The number of rotatable bonds is 2. The average Bonchev–Trinajstić information content (AvgIpc) is 2.65. The van der Waals surface area contributed by atoms with Gasteiger partial charge in [-0.15, -0.1) is 10.2 Å². The van der Waals surface area contributed by atoms with Crippen LogP contribution in [0.5, 0.6) is 0 Å². The van der Waals surface area contributed by atoms with Crippen LogP contribution in [0.1, 0.15) is 38.3 Å². The van der Waals surface area contributed by atoms with Crippen molar-refractivity contribution in [3.8, 4) is 0 Å². The molecule has 0 aliphatic carbocycles. The highest BCUT2D eigenvalue weighted by Gasteiger charge is 2.29. The Morgan fingerprint density at radius 1 is 1.47 bits per heavy atom. The topological polar surface area (TPSA) is 74.8 Å². The number of nitrogens with one attached hydrogen (secondary N) is 1. The van der Waals surface area contributed by atoms with Crippen molar-refractivity contribution in [2.24, 2.45) is 5.41 Å². The fraction of sp³-hybridized carbons (Fsp3) is 0.778. The summed E-state index contributed by atoms with van der Waals surface area (Å²) >= 11 is 0. The summed E-state index contributed by atoms with van der Waals surface area (Å²) in [6.07, 6.45) is 0. The van der Waals surface area contributed by atoms with E-state index in [1.165, 1.54) is 0 Å². The van der Waals surface area contributed by atoms with E-state index in [4.69, 9.17) is 0 Å². The molecule has 1 atom stereocenters. The number of amides is 1. The second-order valence-electron chi connectivity index (χ2n) is 4.69. The highest BCUT2D eigenvalue weighted by Crippen LogP contribution is 2.23. The van der Waals surface area contributed by atoms with Gasteiger partial charge in [-0.1, -0.05) is 20.8 Å². The standard InChI is InChI=1S/C9H17N5O/c1-6(9(2,3)4)14(5)8(15)7-10-12-13-11-7/h6H,1-5H3,(H,10,11,12,13). The molecule has 15 heavy (non-hydrogen) atoms. The van der Waals surface area contributed by atoms with Gasteiger partial charge in [0.05, 0.1) is 0 Å². The maximum absolute atomic E-state index is 11.8. The van der Waals surface area contributed by atoms with E-state index >= 15 is 0 Å². The van der Waals surface area contributed by atoms with Gasteiger partial charge in [-0.3, -0.25) is 4.79 Å². The van der Waals surface area contributed by atoms with Gasteiger partial charge in [-0.2, -0.15) is 5.21 Å². The molecular weight excluding hydrogens is 194 g/mol. The molecular formula is C9H17N5O. The first kappa shape index (κ1) is 11.6. The Balaban J connectivity index is 2.78. The minimum atomic E-state index is -0.217. The van der Waals surface area contributed by atoms with Gasteiger partial charge < -0.3 is 4.90 Å². The molecule has 0 fully saturated rings. The molecule has 1 N–H and O–H groups in total. The minimum Gasteiger partial charge on any atom is -0.336 e. The van der Waals surface area contributed by atoms with Gasteiger partial charge in [0.25, 0.3) is 11.7 Å². The number of carbonyl (C=O) groups is 1. The monoisotopic (exact) mass is 211 g/mol. The van der Waals surface area contributed by atoms with Crippen LogP contribution in [0.15, 0.2) is 0 Å². The van der Waals surface area contributed by atoms with Crippen molar-refractivity contribution in [3.05, 3.63) is 5.82 Å². The zero-order valence-electron chi connectivity index (χ0n) is 9.77. The van der Waals surface area contributed by atoms with Crippen LogP contribution >= 0.6 is 0 Å². The Morgan fingerprint density at radius 3 is 2.47 bits per heavy atom. The molecule has 1 aromatic heterocycles. The Bertz CT molecular complexity index is 327. The van der Waals surface area contributed by atoms with Gasteiger partial charge >= 0.3 is 0 Å². The Morgan fingerprint density at radius 2 is 2.07 bits per heavy atom. The quantitative estimate of drug-likeness (QED) is 0.781. The summed E-state index contributed by atoms with van der Waals surface area (Å²) in [5.41, 5.74) is 0.0220. The first-order valence-corrected chi connectivity index (χ1v) is 4.84. The third kappa shape index (κ3) is 2.51. The van der Waals surface area contributed by atoms with E-state index in [2.05, 4.69) is 41.4 Å². The number of carbonyl (C=O) groups excluding carboxylic acids is 1. The molecule has 6 heteroatoms. The molecule has 0 aromatic carbocycles. The summed E-state index contributed by atoms with van der Waals surface area (Å²) in [6, 6.07) is 0.100. The van der Waals surface area contributed by atoms with Gasteiger partial charge in [0.2, 0.25) is 0 Å². The number of tetrazole rings is 1. The maximum Gasteiger partial charge on any atom is 0.295 e. The van der Waals surface area contributed by atoms with Crippen LogP contribution in [0, 0.1) is 5.41 Å². The number of aromatic amines is 1. The zero-order valence-corrected chi connectivity index (χ0v) is 9.77. The smallest absolute Gasteiger partial charge is 0.295 e. The Labute approximate surface area is 89.0 Å². The number of aromatic nitrogens is 4. The van der Waals surface area contributed by atoms with Crippen molar-refractivity contribution in [2.75, 3.05) is 7.05 Å². The highest BCUT2D eigenvalue weighted by molar-refractivity contribution is 5.90. The van der Waals surface area contributed by atoms with Crippen molar-refractivity contribution in [1.82, 2.24) is 25.5 Å². The Hall–Kier alpha value is -1.46. The van der Waals surface area contributed by atoms with E-state index in [1.54, 1.807) is 11.9 Å². The fourth-order valence-corrected chi connectivity index (χ4v) is 1.17. The van der Waals surface area contributed by atoms with E-state index in [9.17, 15) is 4.79 Å². The van der Waals surface area contributed by atoms with Crippen LogP contribution in [0.3, 0.4) is 0 Å².